The summed E-state index contributed by atoms with van der Waals surface area (Å²) >= 11 is 0. The number of carbonyl (C=O) groups is 2. The van der Waals surface area contributed by atoms with Crippen LogP contribution in [0.3, 0.4) is 0 Å². The second-order valence-electron chi connectivity index (χ2n) is 5.12. The smallest absolute Gasteiger partial charge is 0.438 e. The average molecular weight is 421 g/mol. The standard InChI is InChI=1S/C15H18N5O4.Y/c1-9-6-7-12(10(2)8-9)13(21)16-14-19(4)17-18-20(14)11(3)24-15(22)23-5;/h6-7,11H,1-5H3;/q-1;. The van der Waals surface area contributed by atoms with Crippen LogP contribution in [-0.4, -0.2) is 39.0 Å². The zero-order chi connectivity index (χ0) is 17.9. The van der Waals surface area contributed by atoms with Crippen molar-refractivity contribution in [1.29, 1.82) is 0 Å². The van der Waals surface area contributed by atoms with E-state index >= 15 is 0 Å². The summed E-state index contributed by atoms with van der Waals surface area (Å²) in [5.74, 6) is -0.465. The molecule has 0 aliphatic carbocycles. The Hall–Kier alpha value is -1.87. The molecule has 1 atom stereocenters. The summed E-state index contributed by atoms with van der Waals surface area (Å²) in [6.45, 7) is 5.23. The van der Waals surface area contributed by atoms with E-state index in [1.807, 2.05) is 6.92 Å². The van der Waals surface area contributed by atoms with E-state index in [4.69, 9.17) is 4.74 Å². The van der Waals surface area contributed by atoms with Gasteiger partial charge in [0.25, 0.3) is 5.62 Å². The van der Waals surface area contributed by atoms with Crippen molar-refractivity contribution in [2.75, 3.05) is 7.11 Å². The molecule has 0 aliphatic rings. The van der Waals surface area contributed by atoms with Gasteiger partial charge < -0.3 is 9.47 Å². The summed E-state index contributed by atoms with van der Waals surface area (Å²) in [5, 5.41) is 7.63. The van der Waals surface area contributed by atoms with E-state index in [2.05, 4.69) is 26.2 Å². The third-order valence-electron chi connectivity index (χ3n) is 3.26. The third-order valence-corrected chi connectivity index (χ3v) is 3.26. The zero-order valence-electron chi connectivity index (χ0n) is 14.7. The Morgan fingerprint density at radius 2 is 1.96 bits per heavy atom. The molecule has 0 aliphatic heterocycles. The van der Waals surface area contributed by atoms with Gasteiger partial charge in [-0.1, -0.05) is 19.4 Å². The molecule has 0 spiro atoms. The molecule has 0 saturated carbocycles. The molecule has 0 bridgehead atoms. The van der Waals surface area contributed by atoms with Gasteiger partial charge in [-0.3, -0.25) is 4.79 Å². The molecule has 2 rings (SSSR count). The van der Waals surface area contributed by atoms with Gasteiger partial charge in [0.2, 0.25) is 12.1 Å². The van der Waals surface area contributed by atoms with Crippen molar-refractivity contribution < 1.29 is 51.8 Å². The number of hydrogen-bond donors (Lipinski definition) is 0. The van der Waals surface area contributed by atoms with Crippen LogP contribution in [0.2, 0.25) is 0 Å². The van der Waals surface area contributed by atoms with E-state index in [-0.39, 0.29) is 38.3 Å². The maximum Gasteiger partial charge on any atom is 0.509 e. The number of rotatable bonds is 3. The minimum Gasteiger partial charge on any atom is -0.438 e. The van der Waals surface area contributed by atoms with Crippen LogP contribution < -0.4 is 5.62 Å². The topological polar surface area (TPSA) is 101 Å². The molecule has 9 nitrogen and oxygen atoms in total. The van der Waals surface area contributed by atoms with Crippen molar-refractivity contribution >= 4 is 12.1 Å². The number of tetrazole rings is 1. The van der Waals surface area contributed by atoms with E-state index in [1.165, 1.54) is 16.5 Å². The molecule has 25 heavy (non-hydrogen) atoms. The molecule has 0 N–H and O–H groups in total. The molecule has 131 valence electrons. The quantitative estimate of drug-likeness (QED) is 0.543. The van der Waals surface area contributed by atoms with Crippen LogP contribution in [0.5, 0.6) is 0 Å². The first-order valence-corrected chi connectivity index (χ1v) is 7.15. The number of ether oxygens (including phenoxy) is 2. The summed E-state index contributed by atoms with van der Waals surface area (Å²) in [6, 6.07) is 6.55. The number of carbonyl (C=O) groups excluding carboxylic acids is 2. The van der Waals surface area contributed by atoms with Gasteiger partial charge in [-0.15, -0.1) is 0 Å². The Labute approximate surface area is 169 Å². The van der Waals surface area contributed by atoms with Gasteiger partial charge in [0.05, 0.1) is 7.11 Å². The minimum absolute atomic E-state index is 0. The average Bonchev–Trinajstić information content (AvgIpc) is 2.88. The maximum absolute atomic E-state index is 12.4. The van der Waals surface area contributed by atoms with Gasteiger partial charge in [0.1, 0.15) is 0 Å². The molecule has 0 fully saturated rings. The third kappa shape index (κ3) is 5.05. The van der Waals surface area contributed by atoms with Gasteiger partial charge in [-0.25, -0.2) is 9.48 Å². The van der Waals surface area contributed by atoms with Crippen molar-refractivity contribution in [2.24, 2.45) is 12.0 Å². The fourth-order valence-electron chi connectivity index (χ4n) is 2.05. The first-order chi connectivity index (χ1) is 11.3. The summed E-state index contributed by atoms with van der Waals surface area (Å²) in [4.78, 5) is 27.7. The van der Waals surface area contributed by atoms with Crippen LogP contribution in [0.1, 0.15) is 34.6 Å². The van der Waals surface area contributed by atoms with E-state index in [0.717, 1.165) is 5.56 Å². The Morgan fingerprint density at radius 1 is 1.28 bits per heavy atom. The fraction of sp³-hybridized carbons (Fsp3) is 0.400. The van der Waals surface area contributed by atoms with E-state index < -0.39 is 18.3 Å². The first kappa shape index (κ1) is 21.2. The number of aryl methyl sites for hydroxylation is 3. The zero-order valence-corrected chi connectivity index (χ0v) is 17.5. The molecule has 1 aromatic carbocycles. The number of nitrogens with zero attached hydrogens (tertiary/aromatic N) is 5. The van der Waals surface area contributed by atoms with Crippen molar-refractivity contribution in [1.82, 2.24) is 19.8 Å². The predicted molar refractivity (Wildman–Crippen MR) is 81.8 cm³/mol. The van der Waals surface area contributed by atoms with Crippen molar-refractivity contribution in [2.45, 2.75) is 27.0 Å². The normalized spacial score (nSPS) is 12.3. The molecule has 1 radical (unpaired) electrons. The number of benzene rings is 1. The molecular formula is C15H18N5O4Y-. The first-order valence-electron chi connectivity index (χ1n) is 7.15. The maximum atomic E-state index is 12.4. The Bertz CT molecular complexity index is 843. The van der Waals surface area contributed by atoms with E-state index in [1.54, 1.807) is 33.0 Å². The van der Waals surface area contributed by atoms with E-state index in [0.29, 0.717) is 11.1 Å². The fourth-order valence-corrected chi connectivity index (χ4v) is 2.05. The molecule has 1 heterocycles. The number of aromatic nitrogens is 4. The predicted octanol–water partition coefficient (Wildman–Crippen LogP) is 1.07. The Kier molecular flexibility index (Phi) is 7.63. The summed E-state index contributed by atoms with van der Waals surface area (Å²) in [6.07, 6.45) is -1.72. The van der Waals surface area contributed by atoms with E-state index in [9.17, 15) is 9.59 Å². The van der Waals surface area contributed by atoms with Crippen LogP contribution in [0.4, 0.5) is 4.79 Å². The van der Waals surface area contributed by atoms with Gasteiger partial charge >= 0.3 is 6.16 Å². The SMILES string of the molecule is COC(=O)OC(C)n1nnn(C)c1=NC(=O)c1ccc(C)[c-]c1C.[Y]. The second kappa shape index (κ2) is 9.00. The van der Waals surface area contributed by atoms with Gasteiger partial charge in [-0.2, -0.15) is 39.0 Å². The van der Waals surface area contributed by atoms with Crippen molar-refractivity contribution in [3.63, 3.8) is 0 Å². The Morgan fingerprint density at radius 3 is 2.56 bits per heavy atom. The van der Waals surface area contributed by atoms with Gasteiger partial charge in [0, 0.05) is 39.8 Å². The molecule has 1 aromatic heterocycles. The number of hydrogen-bond acceptors (Lipinski definition) is 6. The minimum atomic E-state index is -0.873. The summed E-state index contributed by atoms with van der Waals surface area (Å²) < 4.78 is 11.9. The molecule has 2 aromatic rings. The molecule has 0 saturated heterocycles. The summed E-state index contributed by atoms with van der Waals surface area (Å²) in [5.41, 5.74) is 2.19. The van der Waals surface area contributed by atoms with Crippen LogP contribution in [0.25, 0.3) is 0 Å². The summed E-state index contributed by atoms with van der Waals surface area (Å²) in [7, 11) is 2.77. The molecule has 10 heteroatoms. The van der Waals surface area contributed by atoms with Crippen LogP contribution >= 0.6 is 0 Å². The monoisotopic (exact) mass is 421 g/mol. The van der Waals surface area contributed by atoms with Gasteiger partial charge in [-0.05, 0) is 17.4 Å². The van der Waals surface area contributed by atoms with Crippen LogP contribution in [0.15, 0.2) is 17.1 Å². The second-order valence-corrected chi connectivity index (χ2v) is 5.12. The molecule has 1 unspecified atom stereocenters. The largest absolute Gasteiger partial charge is 0.509 e. The van der Waals surface area contributed by atoms with Gasteiger partial charge in [0.15, 0.2) is 0 Å². The molecule has 1 amide bonds. The number of amides is 1. The molecular weight excluding hydrogens is 403 g/mol. The van der Waals surface area contributed by atoms with Crippen LogP contribution in [-0.2, 0) is 49.2 Å². The van der Waals surface area contributed by atoms with Crippen molar-refractivity contribution in [3.8, 4) is 0 Å². The Balaban J connectivity index is 0.00000312. The van der Waals surface area contributed by atoms with Crippen LogP contribution in [0, 0.1) is 19.9 Å². The van der Waals surface area contributed by atoms with Crippen molar-refractivity contribution in [3.05, 3.63) is 40.5 Å². The number of methoxy groups -OCH3 is 1.